The molecule has 154 valence electrons. The van der Waals surface area contributed by atoms with Crippen molar-refractivity contribution in [3.05, 3.63) is 82.0 Å². The highest BCUT2D eigenvalue weighted by molar-refractivity contribution is 5.95. The average Bonchev–Trinajstić information content (AvgIpc) is 2.72. The summed E-state index contributed by atoms with van der Waals surface area (Å²) in [4.78, 5) is 38.6. The van der Waals surface area contributed by atoms with Crippen LogP contribution in [0, 0.1) is 5.82 Å². The monoisotopic (exact) mass is 412 g/mol. The van der Waals surface area contributed by atoms with Crippen molar-refractivity contribution in [3.8, 4) is 0 Å². The van der Waals surface area contributed by atoms with Gasteiger partial charge in [0.2, 0.25) is 0 Å². The summed E-state index contributed by atoms with van der Waals surface area (Å²) in [5.74, 6) is -1.95. The van der Waals surface area contributed by atoms with Gasteiger partial charge in [-0.1, -0.05) is 18.2 Å². The first-order valence-electron chi connectivity index (χ1n) is 9.43. The molecule has 1 fully saturated rings. The molecule has 8 heteroatoms. The molecule has 2 aromatic carbocycles. The average molecular weight is 412 g/mol. The number of halogens is 2. The second-order valence-corrected chi connectivity index (χ2v) is 7.19. The maximum atomic E-state index is 14.3. The largest absolute Gasteiger partial charge is 0.451 e. The molecule has 0 aliphatic carbocycles. The fraction of sp³-hybridized carbons (Fsp3) is 0.227. The number of para-hydroxylation sites is 1. The fourth-order valence-corrected chi connectivity index (χ4v) is 3.58. The van der Waals surface area contributed by atoms with E-state index in [0.717, 1.165) is 12.1 Å². The van der Waals surface area contributed by atoms with Gasteiger partial charge in [-0.2, -0.15) is 0 Å². The summed E-state index contributed by atoms with van der Waals surface area (Å²) in [6, 6.07) is 12.1. The number of nitrogens with one attached hydrogen (secondary N) is 1. The Labute approximate surface area is 170 Å². The molecule has 3 aromatic rings. The first kappa shape index (κ1) is 19.8. The van der Waals surface area contributed by atoms with Gasteiger partial charge in [0.1, 0.15) is 17.6 Å². The number of hydrogen-bond donors (Lipinski definition) is 1. The van der Waals surface area contributed by atoms with E-state index < -0.39 is 29.8 Å². The summed E-state index contributed by atoms with van der Waals surface area (Å²) >= 11 is 0. The highest BCUT2D eigenvalue weighted by Crippen LogP contribution is 2.18. The lowest BCUT2D eigenvalue weighted by Crippen LogP contribution is -2.53. The third-order valence-electron chi connectivity index (χ3n) is 4.95. The Balaban J connectivity index is 1.51. The van der Waals surface area contributed by atoms with Crippen LogP contribution in [-0.4, -0.2) is 42.0 Å². The summed E-state index contributed by atoms with van der Waals surface area (Å²) in [7, 11) is 0. The second-order valence-electron chi connectivity index (χ2n) is 7.19. The third-order valence-corrected chi connectivity index (χ3v) is 4.95. The molecule has 0 bridgehead atoms. The van der Waals surface area contributed by atoms with Crippen molar-refractivity contribution in [1.82, 2.24) is 10.2 Å². The van der Waals surface area contributed by atoms with Crippen LogP contribution in [0.25, 0.3) is 11.0 Å². The highest BCUT2D eigenvalue weighted by atomic mass is 19.1. The summed E-state index contributed by atoms with van der Waals surface area (Å²) in [5.41, 5.74) is 0.0108. The van der Waals surface area contributed by atoms with Crippen molar-refractivity contribution in [2.45, 2.75) is 18.6 Å². The quantitative estimate of drug-likeness (QED) is 0.718. The van der Waals surface area contributed by atoms with E-state index in [0.29, 0.717) is 5.39 Å². The van der Waals surface area contributed by atoms with Crippen molar-refractivity contribution in [2.24, 2.45) is 0 Å². The number of hydrogen-bond acceptors (Lipinski definition) is 4. The Hall–Kier alpha value is -3.55. The first-order chi connectivity index (χ1) is 14.4. The zero-order valence-electron chi connectivity index (χ0n) is 15.8. The van der Waals surface area contributed by atoms with Crippen LogP contribution in [0.4, 0.5) is 8.78 Å². The third kappa shape index (κ3) is 4.07. The van der Waals surface area contributed by atoms with Gasteiger partial charge in [0.05, 0.1) is 11.9 Å². The molecule has 1 N–H and O–H groups in total. The zero-order valence-corrected chi connectivity index (χ0v) is 15.8. The molecular weight excluding hydrogens is 394 g/mol. The van der Waals surface area contributed by atoms with Gasteiger partial charge < -0.3 is 14.6 Å². The molecular formula is C22H18F2N2O4. The number of rotatable bonds is 3. The Morgan fingerprint density at radius 2 is 1.87 bits per heavy atom. The smallest absolute Gasteiger partial charge is 0.287 e. The van der Waals surface area contributed by atoms with Crippen molar-refractivity contribution >= 4 is 22.8 Å². The van der Waals surface area contributed by atoms with Gasteiger partial charge in [0, 0.05) is 30.6 Å². The number of benzene rings is 2. The van der Waals surface area contributed by atoms with Crippen LogP contribution in [0.5, 0.6) is 0 Å². The molecule has 0 radical (unpaired) electrons. The topological polar surface area (TPSA) is 79.6 Å². The summed E-state index contributed by atoms with van der Waals surface area (Å²) < 4.78 is 33.2. The first-order valence-corrected chi connectivity index (χ1v) is 9.43. The van der Waals surface area contributed by atoms with E-state index in [1.54, 1.807) is 24.3 Å². The van der Waals surface area contributed by atoms with E-state index in [1.165, 1.54) is 23.1 Å². The van der Waals surface area contributed by atoms with Crippen LogP contribution < -0.4 is 10.7 Å². The van der Waals surface area contributed by atoms with E-state index in [-0.39, 0.29) is 41.8 Å². The zero-order chi connectivity index (χ0) is 21.3. The number of carbonyl (C=O) groups excluding carboxylic acids is 2. The summed E-state index contributed by atoms with van der Waals surface area (Å²) in [6.07, 6.45) is -1.35. The van der Waals surface area contributed by atoms with Crippen molar-refractivity contribution < 1.29 is 22.8 Å². The summed E-state index contributed by atoms with van der Waals surface area (Å²) in [6.45, 7) is -0.0912. The van der Waals surface area contributed by atoms with Gasteiger partial charge in [-0.05, 0) is 30.3 Å². The molecule has 1 saturated heterocycles. The molecule has 2 atom stereocenters. The maximum Gasteiger partial charge on any atom is 0.287 e. The molecule has 1 aliphatic rings. The molecule has 2 amide bonds. The minimum Gasteiger partial charge on any atom is -0.451 e. The Bertz CT molecular complexity index is 1180. The minimum absolute atomic E-state index is 0.0104. The van der Waals surface area contributed by atoms with Crippen LogP contribution >= 0.6 is 0 Å². The van der Waals surface area contributed by atoms with E-state index in [9.17, 15) is 23.2 Å². The molecule has 1 aliphatic heterocycles. The second kappa shape index (κ2) is 8.06. The number of likely N-dealkylation sites (tertiary alicyclic amines) is 1. The van der Waals surface area contributed by atoms with Crippen LogP contribution in [0.2, 0.25) is 0 Å². The standard InChI is InChI=1S/C22H18F2N2O4/c23-14-5-3-4-13(8-14)22(29)26-11-15(24)9-16(12-26)25-21(28)20-10-18(27)17-6-1-2-7-19(17)30-20/h1-8,10,15-16H,9,11-12H2,(H,25,28)/t15-,16+/m1/s1. The van der Waals surface area contributed by atoms with Crippen molar-refractivity contribution in [1.29, 1.82) is 0 Å². The van der Waals surface area contributed by atoms with Crippen molar-refractivity contribution in [2.75, 3.05) is 13.1 Å². The number of nitrogens with zero attached hydrogens (tertiary/aromatic N) is 1. The SMILES string of the molecule is O=C(N[C@H]1C[C@@H](F)CN(C(=O)c2cccc(F)c2)C1)c1cc(=O)c2ccccc2o1. The molecule has 4 rings (SSSR count). The van der Waals surface area contributed by atoms with Gasteiger partial charge in [0.15, 0.2) is 11.2 Å². The van der Waals surface area contributed by atoms with Crippen LogP contribution in [0.1, 0.15) is 27.3 Å². The van der Waals surface area contributed by atoms with Crippen LogP contribution in [0.15, 0.2) is 63.8 Å². The lowest BCUT2D eigenvalue weighted by molar-refractivity contribution is 0.0558. The molecule has 6 nitrogen and oxygen atoms in total. The lowest BCUT2D eigenvalue weighted by atomic mass is 10.0. The van der Waals surface area contributed by atoms with Crippen LogP contribution in [0.3, 0.4) is 0 Å². The molecule has 0 spiro atoms. The van der Waals surface area contributed by atoms with E-state index in [4.69, 9.17) is 4.42 Å². The lowest BCUT2D eigenvalue weighted by Gasteiger charge is -2.35. The molecule has 1 aromatic heterocycles. The number of fused-ring (bicyclic) bond motifs is 1. The molecule has 0 unspecified atom stereocenters. The maximum absolute atomic E-state index is 14.3. The van der Waals surface area contributed by atoms with Gasteiger partial charge in [-0.15, -0.1) is 0 Å². The van der Waals surface area contributed by atoms with E-state index >= 15 is 0 Å². The minimum atomic E-state index is -1.36. The highest BCUT2D eigenvalue weighted by Gasteiger charge is 2.32. The Morgan fingerprint density at radius 3 is 2.67 bits per heavy atom. The van der Waals surface area contributed by atoms with Crippen molar-refractivity contribution in [3.63, 3.8) is 0 Å². The Kier molecular flexibility index (Phi) is 5.31. The number of amides is 2. The molecule has 0 saturated carbocycles. The predicted molar refractivity (Wildman–Crippen MR) is 106 cm³/mol. The van der Waals surface area contributed by atoms with Gasteiger partial charge in [0.25, 0.3) is 11.8 Å². The van der Waals surface area contributed by atoms with E-state index in [2.05, 4.69) is 5.32 Å². The van der Waals surface area contributed by atoms with Crippen LogP contribution in [-0.2, 0) is 0 Å². The van der Waals surface area contributed by atoms with Gasteiger partial charge >= 0.3 is 0 Å². The molecule has 2 heterocycles. The number of alkyl halides is 1. The van der Waals surface area contributed by atoms with Gasteiger partial charge in [-0.3, -0.25) is 14.4 Å². The predicted octanol–water partition coefficient (Wildman–Crippen LogP) is 2.91. The Morgan fingerprint density at radius 1 is 1.07 bits per heavy atom. The van der Waals surface area contributed by atoms with Gasteiger partial charge in [-0.25, -0.2) is 8.78 Å². The molecule has 30 heavy (non-hydrogen) atoms. The number of carbonyl (C=O) groups is 2. The van der Waals surface area contributed by atoms with E-state index in [1.807, 2.05) is 0 Å². The number of piperidine rings is 1. The summed E-state index contributed by atoms with van der Waals surface area (Å²) in [5, 5.41) is 2.98. The normalized spacial score (nSPS) is 18.9. The fourth-order valence-electron chi connectivity index (χ4n) is 3.58.